The molecule has 1 unspecified atom stereocenters. The summed E-state index contributed by atoms with van der Waals surface area (Å²) in [4.78, 5) is 25.0. The molecular weight excluding hydrogens is 352 g/mol. The molecule has 3 rings (SSSR count). The Morgan fingerprint density at radius 1 is 0.821 bits per heavy atom. The van der Waals surface area contributed by atoms with E-state index in [-0.39, 0.29) is 24.2 Å². The molecule has 5 heteroatoms. The second kappa shape index (κ2) is 9.48. The van der Waals surface area contributed by atoms with Gasteiger partial charge >= 0.3 is 0 Å². The minimum absolute atomic E-state index is 0.0112. The molecule has 0 spiro atoms. The zero-order valence-electron chi connectivity index (χ0n) is 15.6. The van der Waals surface area contributed by atoms with E-state index in [1.54, 1.807) is 43.5 Å². The number of hydrazine groups is 1. The van der Waals surface area contributed by atoms with Crippen LogP contribution in [0.5, 0.6) is 5.75 Å². The maximum Gasteiger partial charge on any atom is 0.265 e. The van der Waals surface area contributed by atoms with Crippen molar-refractivity contribution in [2.24, 2.45) is 0 Å². The van der Waals surface area contributed by atoms with Gasteiger partial charge in [0.25, 0.3) is 5.91 Å². The largest absolute Gasteiger partial charge is 0.497 e. The summed E-state index contributed by atoms with van der Waals surface area (Å²) in [5.41, 5.74) is 7.77. The number of Topliss-reactive ketones (excluding diaryl/α,β-unsaturated/α-hetero) is 1. The molecule has 142 valence electrons. The fourth-order valence-electron chi connectivity index (χ4n) is 2.83. The van der Waals surface area contributed by atoms with Crippen molar-refractivity contribution in [1.82, 2.24) is 10.9 Å². The number of hydrogen-bond acceptors (Lipinski definition) is 4. The van der Waals surface area contributed by atoms with Crippen LogP contribution in [0.3, 0.4) is 0 Å². The molecule has 2 N–H and O–H groups in total. The lowest BCUT2D eigenvalue weighted by atomic mass is 9.98. The molecule has 0 radical (unpaired) electrons. The Balaban J connectivity index is 1.75. The number of hydrogen-bond donors (Lipinski definition) is 2. The first-order valence-corrected chi connectivity index (χ1v) is 9.00. The van der Waals surface area contributed by atoms with Crippen LogP contribution >= 0.6 is 0 Å². The van der Waals surface area contributed by atoms with Gasteiger partial charge in [-0.1, -0.05) is 60.7 Å². The maximum absolute atomic E-state index is 12.7. The van der Waals surface area contributed by atoms with Gasteiger partial charge in [-0.25, -0.2) is 5.43 Å². The number of carbonyl (C=O) groups is 2. The molecule has 0 aliphatic rings. The normalized spacial score (nSPS) is 11.5. The molecule has 0 aromatic heterocycles. The monoisotopic (exact) mass is 374 g/mol. The van der Waals surface area contributed by atoms with Gasteiger partial charge in [0.1, 0.15) is 5.75 Å². The zero-order valence-corrected chi connectivity index (χ0v) is 15.6. The molecule has 3 aromatic rings. The van der Waals surface area contributed by atoms with Crippen LogP contribution in [0, 0.1) is 0 Å². The van der Waals surface area contributed by atoms with Gasteiger partial charge in [0.2, 0.25) is 0 Å². The van der Waals surface area contributed by atoms with Crippen LogP contribution in [0.1, 0.15) is 38.7 Å². The Labute approximate surface area is 164 Å². The number of rotatable bonds is 8. The molecule has 5 nitrogen and oxygen atoms in total. The third-order valence-electron chi connectivity index (χ3n) is 4.40. The highest BCUT2D eigenvalue weighted by molar-refractivity contribution is 5.96. The third-order valence-corrected chi connectivity index (χ3v) is 4.40. The molecule has 0 fully saturated rings. The van der Waals surface area contributed by atoms with Crippen LogP contribution < -0.4 is 15.6 Å². The molecule has 3 aromatic carbocycles. The summed E-state index contributed by atoms with van der Waals surface area (Å²) in [6.45, 7) is 0. The average molecular weight is 374 g/mol. The second-order valence-corrected chi connectivity index (χ2v) is 6.28. The first-order valence-electron chi connectivity index (χ1n) is 9.00. The Hall–Kier alpha value is -3.44. The van der Waals surface area contributed by atoms with Crippen molar-refractivity contribution in [1.29, 1.82) is 0 Å². The lowest BCUT2D eigenvalue weighted by Crippen LogP contribution is -2.40. The Kier molecular flexibility index (Phi) is 6.54. The van der Waals surface area contributed by atoms with Gasteiger partial charge in [-0.15, -0.1) is 0 Å². The lowest BCUT2D eigenvalue weighted by Gasteiger charge is -2.20. The van der Waals surface area contributed by atoms with Crippen molar-refractivity contribution in [2.75, 3.05) is 7.11 Å². The first kappa shape index (κ1) is 19.3. The Morgan fingerprint density at radius 2 is 1.39 bits per heavy atom. The molecule has 0 saturated heterocycles. The fraction of sp³-hybridized carbons (Fsp3) is 0.130. The standard InChI is InChI=1S/C23H22N2O3/c1-28-20-14-12-17(13-15-20)21(16-22(26)18-8-4-2-5-9-18)24-25-23(27)19-10-6-3-7-11-19/h2-15,21,24H,16H2,1H3,(H,25,27). The van der Waals surface area contributed by atoms with Gasteiger partial charge in [-0.2, -0.15) is 0 Å². The summed E-state index contributed by atoms with van der Waals surface area (Å²) >= 11 is 0. The van der Waals surface area contributed by atoms with E-state index in [1.807, 2.05) is 48.5 Å². The predicted octanol–water partition coefficient (Wildman–Crippen LogP) is 3.94. The van der Waals surface area contributed by atoms with Gasteiger partial charge < -0.3 is 4.74 Å². The molecule has 0 saturated carbocycles. The second-order valence-electron chi connectivity index (χ2n) is 6.28. The average Bonchev–Trinajstić information content (AvgIpc) is 2.77. The minimum atomic E-state index is -0.383. The molecule has 1 atom stereocenters. The fourth-order valence-corrected chi connectivity index (χ4v) is 2.83. The number of ether oxygens (including phenoxy) is 1. The van der Waals surface area contributed by atoms with Crippen LogP contribution in [-0.2, 0) is 0 Å². The van der Waals surface area contributed by atoms with Crippen molar-refractivity contribution in [2.45, 2.75) is 12.5 Å². The molecular formula is C23H22N2O3. The third kappa shape index (κ3) is 5.05. The van der Waals surface area contributed by atoms with E-state index >= 15 is 0 Å². The van der Waals surface area contributed by atoms with Crippen LogP contribution in [0.25, 0.3) is 0 Å². The number of amides is 1. The van der Waals surface area contributed by atoms with Crippen molar-refractivity contribution in [3.8, 4) is 5.75 Å². The molecule has 0 heterocycles. The highest BCUT2D eigenvalue weighted by atomic mass is 16.5. The smallest absolute Gasteiger partial charge is 0.265 e. The summed E-state index contributed by atoms with van der Waals surface area (Å²) < 4.78 is 5.20. The first-order chi connectivity index (χ1) is 13.7. The molecule has 0 aliphatic carbocycles. The van der Waals surface area contributed by atoms with Crippen molar-refractivity contribution >= 4 is 11.7 Å². The van der Waals surface area contributed by atoms with Gasteiger partial charge in [0.15, 0.2) is 5.78 Å². The summed E-state index contributed by atoms with van der Waals surface area (Å²) in [6, 6.07) is 25.1. The number of benzene rings is 3. The van der Waals surface area contributed by atoms with E-state index in [1.165, 1.54) is 0 Å². The highest BCUT2D eigenvalue weighted by Crippen LogP contribution is 2.22. The Bertz CT molecular complexity index is 910. The topological polar surface area (TPSA) is 67.4 Å². The van der Waals surface area contributed by atoms with Crippen molar-refractivity contribution in [3.05, 3.63) is 102 Å². The summed E-state index contributed by atoms with van der Waals surface area (Å²) in [5.74, 6) is 0.458. The van der Waals surface area contributed by atoms with E-state index in [9.17, 15) is 9.59 Å². The van der Waals surface area contributed by atoms with E-state index in [4.69, 9.17) is 4.74 Å². The molecule has 1 amide bonds. The van der Waals surface area contributed by atoms with Crippen LogP contribution in [0.2, 0.25) is 0 Å². The number of carbonyl (C=O) groups excluding carboxylic acids is 2. The van der Waals surface area contributed by atoms with Crippen LogP contribution in [0.15, 0.2) is 84.9 Å². The summed E-state index contributed by atoms with van der Waals surface area (Å²) in [6.07, 6.45) is 0.200. The van der Waals surface area contributed by atoms with Gasteiger partial charge in [0.05, 0.1) is 13.2 Å². The van der Waals surface area contributed by atoms with E-state index in [0.717, 1.165) is 11.3 Å². The maximum atomic E-state index is 12.7. The zero-order chi connectivity index (χ0) is 19.8. The molecule has 0 bridgehead atoms. The highest BCUT2D eigenvalue weighted by Gasteiger charge is 2.18. The van der Waals surface area contributed by atoms with E-state index in [0.29, 0.717) is 11.1 Å². The SMILES string of the molecule is COc1ccc(C(CC(=O)c2ccccc2)NNC(=O)c2ccccc2)cc1. The number of ketones is 1. The van der Waals surface area contributed by atoms with Crippen LogP contribution in [0.4, 0.5) is 0 Å². The van der Waals surface area contributed by atoms with E-state index in [2.05, 4.69) is 10.9 Å². The van der Waals surface area contributed by atoms with E-state index < -0.39 is 0 Å². The lowest BCUT2D eigenvalue weighted by molar-refractivity contribution is 0.0900. The van der Waals surface area contributed by atoms with Gasteiger partial charge in [-0.3, -0.25) is 15.0 Å². The van der Waals surface area contributed by atoms with Crippen LogP contribution in [-0.4, -0.2) is 18.8 Å². The number of nitrogens with one attached hydrogen (secondary N) is 2. The van der Waals surface area contributed by atoms with Gasteiger partial charge in [0, 0.05) is 17.5 Å². The summed E-state index contributed by atoms with van der Waals surface area (Å²) in [5, 5.41) is 0. The minimum Gasteiger partial charge on any atom is -0.497 e. The Morgan fingerprint density at radius 3 is 1.96 bits per heavy atom. The predicted molar refractivity (Wildman–Crippen MR) is 108 cm³/mol. The van der Waals surface area contributed by atoms with Gasteiger partial charge in [-0.05, 0) is 29.8 Å². The summed E-state index contributed by atoms with van der Waals surface area (Å²) in [7, 11) is 1.60. The molecule has 0 aliphatic heterocycles. The quantitative estimate of drug-likeness (QED) is 0.463. The molecule has 28 heavy (non-hydrogen) atoms. The van der Waals surface area contributed by atoms with Crippen molar-refractivity contribution < 1.29 is 14.3 Å². The number of methoxy groups -OCH3 is 1. The van der Waals surface area contributed by atoms with Crippen molar-refractivity contribution in [3.63, 3.8) is 0 Å².